The zero-order chi connectivity index (χ0) is 22.0. The predicted octanol–water partition coefficient (Wildman–Crippen LogP) is 2.12. The number of benzene rings is 1. The quantitative estimate of drug-likeness (QED) is 0.630. The lowest BCUT2D eigenvalue weighted by atomic mass is 10.1. The van der Waals surface area contributed by atoms with Crippen molar-refractivity contribution >= 4 is 21.9 Å². The largest absolute Gasteiger partial charge is 0.489 e. The van der Waals surface area contributed by atoms with E-state index in [9.17, 15) is 13.2 Å². The number of nitrogens with one attached hydrogen (secondary N) is 1. The summed E-state index contributed by atoms with van der Waals surface area (Å²) < 4.78 is 37.5. The summed E-state index contributed by atoms with van der Waals surface area (Å²) in [7, 11) is -3.46. The van der Waals surface area contributed by atoms with Gasteiger partial charge in [0, 0.05) is 38.2 Å². The summed E-state index contributed by atoms with van der Waals surface area (Å²) in [5.74, 6) is 1.15. The molecule has 0 spiro atoms. The third-order valence-corrected chi connectivity index (χ3v) is 5.39. The number of aromatic nitrogens is 4. The van der Waals surface area contributed by atoms with Crippen LogP contribution in [0.2, 0.25) is 0 Å². The van der Waals surface area contributed by atoms with E-state index in [0.29, 0.717) is 37.6 Å². The molecule has 1 aliphatic rings. The number of amides is 1. The first kappa shape index (κ1) is 20.8. The van der Waals surface area contributed by atoms with Crippen LogP contribution in [-0.2, 0) is 10.0 Å². The Morgan fingerprint density at radius 2 is 2.03 bits per heavy atom. The molecule has 2 aromatic heterocycles. The van der Waals surface area contributed by atoms with Gasteiger partial charge in [0.2, 0.25) is 16.4 Å². The molecule has 12 heteroatoms. The van der Waals surface area contributed by atoms with Gasteiger partial charge >= 0.3 is 6.03 Å². The van der Waals surface area contributed by atoms with Crippen LogP contribution in [0.3, 0.4) is 0 Å². The van der Waals surface area contributed by atoms with Crippen LogP contribution in [0.5, 0.6) is 5.75 Å². The zero-order valence-electron chi connectivity index (χ0n) is 17.1. The average Bonchev–Trinajstić information content (AvgIpc) is 3.40. The maximum atomic E-state index is 12.7. The van der Waals surface area contributed by atoms with E-state index >= 15 is 0 Å². The number of nitrogens with zero attached hydrogens (tertiary/aromatic N) is 5. The fraction of sp³-hybridized carbons (Fsp3) is 0.368. The second kappa shape index (κ2) is 8.38. The van der Waals surface area contributed by atoms with Gasteiger partial charge in [-0.2, -0.15) is 4.68 Å². The highest BCUT2D eigenvalue weighted by Crippen LogP contribution is 2.31. The summed E-state index contributed by atoms with van der Waals surface area (Å²) in [6.45, 7) is 2.94. The number of anilines is 1. The molecule has 0 saturated carbocycles. The standard InChI is InChI=1S/C19H22N6O5S/c1-13-3-4-16(15(11-13)18-21-20-12-29-18)30-14-5-8-24(9-6-14)19(26)25-10-7-17(22-25)23-31(2,27)28/h3-4,7,10-12,14H,5-6,8-9H2,1-2H3,(H,22,23). The number of hydrogen-bond acceptors (Lipinski definition) is 8. The lowest BCUT2D eigenvalue weighted by molar-refractivity contribution is 0.111. The van der Waals surface area contributed by atoms with E-state index in [1.807, 2.05) is 25.1 Å². The summed E-state index contributed by atoms with van der Waals surface area (Å²) >= 11 is 0. The van der Waals surface area contributed by atoms with Gasteiger partial charge in [0.15, 0.2) is 5.82 Å². The number of rotatable bonds is 5. The van der Waals surface area contributed by atoms with Gasteiger partial charge in [0.05, 0.1) is 11.8 Å². The Bertz CT molecular complexity index is 1170. The van der Waals surface area contributed by atoms with Gasteiger partial charge in [-0.1, -0.05) is 11.6 Å². The maximum absolute atomic E-state index is 12.7. The predicted molar refractivity (Wildman–Crippen MR) is 111 cm³/mol. The molecule has 1 saturated heterocycles. The van der Waals surface area contributed by atoms with Crippen LogP contribution in [0.25, 0.3) is 11.5 Å². The van der Waals surface area contributed by atoms with E-state index in [1.54, 1.807) is 4.90 Å². The van der Waals surface area contributed by atoms with Gasteiger partial charge in [-0.3, -0.25) is 4.72 Å². The highest BCUT2D eigenvalue weighted by Gasteiger charge is 2.26. The number of carbonyl (C=O) groups excluding carboxylic acids is 1. The molecule has 11 nitrogen and oxygen atoms in total. The first-order valence-corrected chi connectivity index (χ1v) is 11.5. The van der Waals surface area contributed by atoms with E-state index in [0.717, 1.165) is 22.1 Å². The Labute approximate surface area is 179 Å². The zero-order valence-corrected chi connectivity index (χ0v) is 17.9. The lowest BCUT2D eigenvalue weighted by Gasteiger charge is -2.32. The molecule has 3 heterocycles. The number of sulfonamides is 1. The highest BCUT2D eigenvalue weighted by atomic mass is 32.2. The summed E-state index contributed by atoms with van der Waals surface area (Å²) in [5.41, 5.74) is 1.78. The van der Waals surface area contributed by atoms with Gasteiger partial charge in [0.25, 0.3) is 5.89 Å². The van der Waals surface area contributed by atoms with Crippen LogP contribution >= 0.6 is 0 Å². The van der Waals surface area contributed by atoms with Crippen molar-refractivity contribution in [2.24, 2.45) is 0 Å². The Kier molecular flexibility index (Phi) is 5.63. The number of carbonyl (C=O) groups is 1. The Morgan fingerprint density at radius 1 is 1.26 bits per heavy atom. The molecule has 0 atom stereocenters. The van der Waals surface area contributed by atoms with Crippen LogP contribution in [0.15, 0.2) is 41.3 Å². The Hall–Kier alpha value is -3.41. The third-order valence-electron chi connectivity index (χ3n) is 4.81. The highest BCUT2D eigenvalue weighted by molar-refractivity contribution is 7.92. The van der Waals surface area contributed by atoms with E-state index in [-0.39, 0.29) is 18.0 Å². The minimum Gasteiger partial charge on any atom is -0.489 e. The summed E-state index contributed by atoms with van der Waals surface area (Å²) in [5, 5.41) is 11.7. The molecule has 1 amide bonds. The molecule has 0 aliphatic carbocycles. The van der Waals surface area contributed by atoms with Gasteiger partial charge in [-0.15, -0.1) is 15.3 Å². The fourth-order valence-corrected chi connectivity index (χ4v) is 3.86. The van der Waals surface area contributed by atoms with Crippen LogP contribution < -0.4 is 9.46 Å². The SMILES string of the molecule is Cc1ccc(OC2CCN(C(=O)n3ccc(NS(C)(=O)=O)n3)CC2)c(-c2nnco2)c1. The summed E-state index contributed by atoms with van der Waals surface area (Å²) in [6.07, 6.45) is 4.93. The van der Waals surface area contributed by atoms with Crippen LogP contribution in [0.4, 0.5) is 10.6 Å². The molecule has 1 N–H and O–H groups in total. The first-order chi connectivity index (χ1) is 14.8. The van der Waals surface area contributed by atoms with E-state index in [4.69, 9.17) is 9.15 Å². The normalized spacial score (nSPS) is 15.1. The third kappa shape index (κ3) is 5.02. The van der Waals surface area contributed by atoms with Crippen molar-refractivity contribution in [3.05, 3.63) is 42.4 Å². The van der Waals surface area contributed by atoms with Crippen LogP contribution in [0, 0.1) is 6.92 Å². The number of piperidine rings is 1. The van der Waals surface area contributed by atoms with Crippen molar-refractivity contribution in [2.45, 2.75) is 25.9 Å². The first-order valence-electron chi connectivity index (χ1n) is 9.65. The summed E-state index contributed by atoms with van der Waals surface area (Å²) in [4.78, 5) is 14.3. The molecule has 4 rings (SSSR count). The molecule has 0 bridgehead atoms. The lowest BCUT2D eigenvalue weighted by Crippen LogP contribution is -2.43. The smallest absolute Gasteiger partial charge is 0.344 e. The molecular formula is C19H22N6O5S. The average molecular weight is 446 g/mol. The van der Waals surface area contributed by atoms with Gasteiger partial charge in [0.1, 0.15) is 11.9 Å². The van der Waals surface area contributed by atoms with Gasteiger partial charge in [-0.25, -0.2) is 13.2 Å². The van der Waals surface area contributed by atoms with E-state index in [2.05, 4.69) is 20.0 Å². The van der Waals surface area contributed by atoms with Crippen molar-refractivity contribution in [3.8, 4) is 17.2 Å². The molecule has 31 heavy (non-hydrogen) atoms. The number of likely N-dealkylation sites (tertiary alicyclic amines) is 1. The van der Waals surface area contributed by atoms with Crippen molar-refractivity contribution in [3.63, 3.8) is 0 Å². The molecule has 3 aromatic rings. The molecule has 0 unspecified atom stereocenters. The van der Waals surface area contributed by atoms with Crippen molar-refractivity contribution in [1.29, 1.82) is 0 Å². The van der Waals surface area contributed by atoms with Crippen molar-refractivity contribution in [2.75, 3.05) is 24.1 Å². The second-order valence-corrected chi connectivity index (χ2v) is 9.10. The van der Waals surface area contributed by atoms with Crippen LogP contribution in [0.1, 0.15) is 18.4 Å². The number of hydrogen-bond donors (Lipinski definition) is 1. The minimum atomic E-state index is -3.46. The topological polar surface area (TPSA) is 132 Å². The molecule has 1 fully saturated rings. The van der Waals surface area contributed by atoms with Gasteiger partial charge < -0.3 is 14.1 Å². The second-order valence-electron chi connectivity index (χ2n) is 7.35. The Balaban J connectivity index is 1.38. The minimum absolute atomic E-state index is 0.0755. The molecule has 164 valence electrons. The number of aryl methyl sites for hydroxylation is 1. The monoisotopic (exact) mass is 446 g/mol. The molecular weight excluding hydrogens is 424 g/mol. The molecule has 0 radical (unpaired) electrons. The molecule has 1 aromatic carbocycles. The van der Waals surface area contributed by atoms with Crippen molar-refractivity contribution < 1.29 is 22.4 Å². The number of ether oxygens (including phenoxy) is 1. The van der Waals surface area contributed by atoms with E-state index < -0.39 is 10.0 Å². The van der Waals surface area contributed by atoms with E-state index in [1.165, 1.54) is 18.7 Å². The van der Waals surface area contributed by atoms with Crippen molar-refractivity contribution in [1.82, 2.24) is 24.9 Å². The van der Waals surface area contributed by atoms with Crippen LogP contribution in [-0.4, -0.2) is 64.8 Å². The van der Waals surface area contributed by atoms with Gasteiger partial charge in [-0.05, 0) is 19.1 Å². The summed E-state index contributed by atoms with van der Waals surface area (Å²) in [6, 6.07) is 6.88. The fourth-order valence-electron chi connectivity index (χ4n) is 3.37. The molecule has 1 aliphatic heterocycles. The maximum Gasteiger partial charge on any atom is 0.344 e. The Morgan fingerprint density at radius 3 is 2.71 bits per heavy atom.